The minimum absolute atomic E-state index is 0.0853. The Morgan fingerprint density at radius 1 is 0.871 bits per heavy atom. The van der Waals surface area contributed by atoms with Crippen molar-refractivity contribution in [2.24, 2.45) is 5.92 Å². The summed E-state index contributed by atoms with van der Waals surface area (Å²) >= 11 is 0. The zero-order valence-electron chi connectivity index (χ0n) is 21.1. The van der Waals surface area contributed by atoms with Crippen molar-refractivity contribution in [3.8, 4) is 0 Å². The maximum Gasteiger partial charge on any atom is 0.309 e. The van der Waals surface area contributed by atoms with E-state index in [1.807, 2.05) is 6.08 Å². The number of unbranched alkanes of at least 4 members (excludes halogenated alkanes) is 13. The maximum atomic E-state index is 12.7. The molecule has 3 heteroatoms. The van der Waals surface area contributed by atoms with Gasteiger partial charge in [-0.25, -0.2) is 0 Å². The SMILES string of the molecule is C=CCCCCCCCCC(CCCCCCCCCC)OC(=O)C1CCN(C)CC1. The second kappa shape index (κ2) is 19.8. The number of likely N-dealkylation sites (tertiary alicyclic amines) is 1. The summed E-state index contributed by atoms with van der Waals surface area (Å²) in [5.41, 5.74) is 0. The highest BCUT2D eigenvalue weighted by Gasteiger charge is 2.26. The summed E-state index contributed by atoms with van der Waals surface area (Å²) in [5, 5.41) is 0. The van der Waals surface area contributed by atoms with Gasteiger partial charge < -0.3 is 9.64 Å². The van der Waals surface area contributed by atoms with Crippen molar-refractivity contribution < 1.29 is 9.53 Å². The molecule has 1 rings (SSSR count). The normalized spacial score (nSPS) is 16.3. The molecule has 0 saturated carbocycles. The van der Waals surface area contributed by atoms with Crippen LogP contribution < -0.4 is 0 Å². The minimum atomic E-state index is 0.0853. The maximum absolute atomic E-state index is 12.7. The summed E-state index contributed by atoms with van der Waals surface area (Å²) in [6.07, 6.45) is 25.7. The Hall–Kier alpha value is -0.830. The average Bonchev–Trinajstić information content (AvgIpc) is 2.77. The van der Waals surface area contributed by atoms with Crippen LogP contribution in [0, 0.1) is 5.92 Å². The second-order valence-electron chi connectivity index (χ2n) is 9.89. The van der Waals surface area contributed by atoms with E-state index in [2.05, 4.69) is 25.5 Å². The topological polar surface area (TPSA) is 29.5 Å². The third kappa shape index (κ3) is 15.6. The van der Waals surface area contributed by atoms with Gasteiger partial charge in [0.15, 0.2) is 0 Å². The number of nitrogens with zero attached hydrogens (tertiary/aromatic N) is 1. The lowest BCUT2D eigenvalue weighted by Crippen LogP contribution is -2.35. The van der Waals surface area contributed by atoms with Gasteiger partial charge in [0.25, 0.3) is 0 Å². The monoisotopic (exact) mass is 435 g/mol. The molecule has 0 N–H and O–H groups in total. The highest BCUT2D eigenvalue weighted by molar-refractivity contribution is 5.72. The molecule has 1 heterocycles. The summed E-state index contributed by atoms with van der Waals surface area (Å²) in [6.45, 7) is 8.12. The van der Waals surface area contributed by atoms with E-state index in [1.54, 1.807) is 0 Å². The molecule has 0 aliphatic carbocycles. The van der Waals surface area contributed by atoms with E-state index in [0.29, 0.717) is 0 Å². The lowest BCUT2D eigenvalue weighted by Gasteiger charge is -2.29. The second-order valence-corrected chi connectivity index (χ2v) is 9.89. The molecule has 182 valence electrons. The van der Waals surface area contributed by atoms with Crippen LogP contribution >= 0.6 is 0 Å². The molecule has 1 fully saturated rings. The van der Waals surface area contributed by atoms with Crippen molar-refractivity contribution in [3.05, 3.63) is 12.7 Å². The quantitative estimate of drug-likeness (QED) is 0.110. The molecule has 0 aromatic carbocycles. The molecule has 1 unspecified atom stereocenters. The molecule has 0 aromatic heterocycles. The van der Waals surface area contributed by atoms with Crippen molar-refractivity contribution in [3.63, 3.8) is 0 Å². The van der Waals surface area contributed by atoms with Gasteiger partial charge in [-0.3, -0.25) is 4.79 Å². The number of carbonyl (C=O) groups excluding carboxylic acids is 1. The van der Waals surface area contributed by atoms with Crippen LogP contribution in [0.4, 0.5) is 0 Å². The summed E-state index contributed by atoms with van der Waals surface area (Å²) in [7, 11) is 2.14. The van der Waals surface area contributed by atoms with Crippen LogP contribution in [0.15, 0.2) is 12.7 Å². The Bertz CT molecular complexity index is 429. The zero-order chi connectivity index (χ0) is 22.6. The van der Waals surface area contributed by atoms with Gasteiger partial charge in [-0.1, -0.05) is 83.6 Å². The number of carbonyl (C=O) groups is 1. The van der Waals surface area contributed by atoms with Crippen molar-refractivity contribution in [1.82, 2.24) is 4.90 Å². The van der Waals surface area contributed by atoms with E-state index in [0.717, 1.165) is 45.2 Å². The molecule has 0 bridgehead atoms. The fourth-order valence-electron chi connectivity index (χ4n) is 4.64. The summed E-state index contributed by atoms with van der Waals surface area (Å²) in [4.78, 5) is 15.1. The average molecular weight is 436 g/mol. The Morgan fingerprint density at radius 3 is 1.87 bits per heavy atom. The van der Waals surface area contributed by atoms with Crippen molar-refractivity contribution >= 4 is 5.97 Å². The van der Waals surface area contributed by atoms with Crippen LogP contribution in [0.3, 0.4) is 0 Å². The fourth-order valence-corrected chi connectivity index (χ4v) is 4.64. The largest absolute Gasteiger partial charge is 0.462 e. The van der Waals surface area contributed by atoms with Gasteiger partial charge in [0.05, 0.1) is 5.92 Å². The Morgan fingerprint density at radius 2 is 1.35 bits per heavy atom. The molecule has 3 nitrogen and oxygen atoms in total. The molecule has 0 aromatic rings. The molecular formula is C28H53NO2. The van der Waals surface area contributed by atoms with Crippen LogP contribution in [0.1, 0.15) is 129 Å². The summed E-state index contributed by atoms with van der Waals surface area (Å²) < 4.78 is 6.08. The standard InChI is InChI=1S/C28H53NO2/c1-4-6-8-10-12-14-16-18-20-27(21-19-17-15-13-11-9-7-5-2)31-28(30)26-22-24-29(3)25-23-26/h4,26-27H,1,5-25H2,2-3H3. The van der Waals surface area contributed by atoms with Gasteiger partial charge in [-0.2, -0.15) is 0 Å². The highest BCUT2D eigenvalue weighted by atomic mass is 16.5. The van der Waals surface area contributed by atoms with E-state index in [-0.39, 0.29) is 18.0 Å². The number of hydrogen-bond donors (Lipinski definition) is 0. The van der Waals surface area contributed by atoms with E-state index >= 15 is 0 Å². The van der Waals surface area contributed by atoms with Crippen LogP contribution in [-0.4, -0.2) is 37.1 Å². The molecule has 1 saturated heterocycles. The van der Waals surface area contributed by atoms with Crippen molar-refractivity contribution in [2.75, 3.05) is 20.1 Å². The molecule has 0 spiro atoms. The van der Waals surface area contributed by atoms with Crippen molar-refractivity contribution in [2.45, 2.75) is 135 Å². The zero-order valence-corrected chi connectivity index (χ0v) is 21.1. The van der Waals surface area contributed by atoms with Gasteiger partial charge in [-0.05, 0) is 71.5 Å². The molecule has 31 heavy (non-hydrogen) atoms. The predicted molar refractivity (Wildman–Crippen MR) is 134 cm³/mol. The molecule has 1 aliphatic heterocycles. The fraction of sp³-hybridized carbons (Fsp3) is 0.893. The number of ether oxygens (including phenoxy) is 1. The Balaban J connectivity index is 2.26. The first-order valence-electron chi connectivity index (χ1n) is 13.7. The first kappa shape index (κ1) is 28.2. The van der Waals surface area contributed by atoms with Gasteiger partial charge >= 0.3 is 5.97 Å². The van der Waals surface area contributed by atoms with E-state index < -0.39 is 0 Å². The third-order valence-corrected chi connectivity index (χ3v) is 6.90. The van der Waals surface area contributed by atoms with Gasteiger partial charge in [0.1, 0.15) is 6.10 Å². The smallest absolute Gasteiger partial charge is 0.309 e. The molecule has 0 radical (unpaired) electrons. The lowest BCUT2D eigenvalue weighted by atomic mass is 9.97. The van der Waals surface area contributed by atoms with Crippen LogP contribution in [0.5, 0.6) is 0 Å². The first-order chi connectivity index (χ1) is 15.2. The number of piperidine rings is 1. The van der Waals surface area contributed by atoms with Gasteiger partial charge in [-0.15, -0.1) is 6.58 Å². The molecule has 1 aliphatic rings. The number of allylic oxidation sites excluding steroid dienone is 1. The van der Waals surface area contributed by atoms with Crippen LogP contribution in [0.2, 0.25) is 0 Å². The van der Waals surface area contributed by atoms with E-state index in [4.69, 9.17) is 4.74 Å². The lowest BCUT2D eigenvalue weighted by molar-refractivity contribution is -0.156. The van der Waals surface area contributed by atoms with Gasteiger partial charge in [0, 0.05) is 0 Å². The molecule has 1 atom stereocenters. The Labute approximate surface area is 194 Å². The number of hydrogen-bond acceptors (Lipinski definition) is 3. The first-order valence-corrected chi connectivity index (χ1v) is 13.7. The van der Waals surface area contributed by atoms with E-state index in [1.165, 1.54) is 89.9 Å². The molecule has 0 amide bonds. The molecular weight excluding hydrogens is 382 g/mol. The third-order valence-electron chi connectivity index (χ3n) is 6.90. The highest BCUT2D eigenvalue weighted by Crippen LogP contribution is 2.22. The summed E-state index contributed by atoms with van der Waals surface area (Å²) in [6, 6.07) is 0. The van der Waals surface area contributed by atoms with Crippen LogP contribution in [0.25, 0.3) is 0 Å². The number of esters is 1. The minimum Gasteiger partial charge on any atom is -0.462 e. The van der Waals surface area contributed by atoms with Gasteiger partial charge in [0.2, 0.25) is 0 Å². The van der Waals surface area contributed by atoms with Crippen molar-refractivity contribution in [1.29, 1.82) is 0 Å². The van der Waals surface area contributed by atoms with E-state index in [9.17, 15) is 4.79 Å². The Kier molecular flexibility index (Phi) is 18.0. The predicted octanol–water partition coefficient (Wildman–Crippen LogP) is 8.08. The summed E-state index contributed by atoms with van der Waals surface area (Å²) in [5.74, 6) is 0.212. The number of rotatable bonds is 20. The van der Waals surface area contributed by atoms with Crippen LogP contribution in [-0.2, 0) is 9.53 Å².